The predicted octanol–water partition coefficient (Wildman–Crippen LogP) is 3.11. The van der Waals surface area contributed by atoms with Crippen LogP contribution in [-0.4, -0.2) is 22.1 Å². The molecule has 0 bridgehead atoms. The lowest BCUT2D eigenvalue weighted by Gasteiger charge is -2.20. The van der Waals surface area contributed by atoms with Crippen molar-refractivity contribution in [3.05, 3.63) is 12.3 Å². The van der Waals surface area contributed by atoms with E-state index < -0.39 is 0 Å². The molecule has 1 N–H and O–H groups in total. The molecular weight excluding hydrogens is 214 g/mol. The zero-order valence-corrected chi connectivity index (χ0v) is 11.4. The zero-order valence-electron chi connectivity index (χ0n) is 11.4. The molecule has 1 aromatic rings. The molecule has 17 heavy (non-hydrogen) atoms. The summed E-state index contributed by atoms with van der Waals surface area (Å²) < 4.78 is 5.53. The van der Waals surface area contributed by atoms with Crippen LogP contribution in [0.5, 0.6) is 5.88 Å². The molecule has 0 saturated heterocycles. The normalized spacial score (nSPS) is 14.5. The van der Waals surface area contributed by atoms with Gasteiger partial charge in [0.1, 0.15) is 0 Å². The third kappa shape index (κ3) is 4.59. The summed E-state index contributed by atoms with van der Waals surface area (Å²) in [5.74, 6) is 1.85. The molecule has 4 nitrogen and oxygen atoms in total. The van der Waals surface area contributed by atoms with Crippen LogP contribution in [0.25, 0.3) is 0 Å². The van der Waals surface area contributed by atoms with Gasteiger partial charge in [0.2, 0.25) is 11.8 Å². The maximum absolute atomic E-state index is 5.53. The van der Waals surface area contributed by atoms with E-state index in [9.17, 15) is 0 Å². The first kappa shape index (κ1) is 13.7. The monoisotopic (exact) mass is 237 g/mol. The second kappa shape index (κ2) is 6.42. The van der Waals surface area contributed by atoms with Crippen LogP contribution in [0, 0.1) is 5.92 Å². The van der Waals surface area contributed by atoms with Crippen molar-refractivity contribution in [1.82, 2.24) is 9.97 Å². The Morgan fingerprint density at radius 1 is 1.29 bits per heavy atom. The highest BCUT2D eigenvalue weighted by atomic mass is 16.5. The van der Waals surface area contributed by atoms with Gasteiger partial charge in [-0.1, -0.05) is 20.3 Å². The van der Waals surface area contributed by atoms with Gasteiger partial charge in [0.05, 0.1) is 6.10 Å². The molecule has 96 valence electrons. The van der Waals surface area contributed by atoms with Crippen molar-refractivity contribution in [2.75, 3.05) is 5.32 Å². The summed E-state index contributed by atoms with van der Waals surface area (Å²) >= 11 is 0. The SMILES string of the molecule is CCC(C)C(C)Nc1nccc(OC(C)C)n1. The van der Waals surface area contributed by atoms with Crippen molar-refractivity contribution in [2.24, 2.45) is 5.92 Å². The molecule has 0 aliphatic heterocycles. The molecule has 0 radical (unpaired) electrons. The second-order valence-corrected chi connectivity index (χ2v) is 4.70. The summed E-state index contributed by atoms with van der Waals surface area (Å²) in [6.07, 6.45) is 2.98. The first-order chi connectivity index (χ1) is 8.02. The van der Waals surface area contributed by atoms with E-state index >= 15 is 0 Å². The number of hydrogen-bond donors (Lipinski definition) is 1. The van der Waals surface area contributed by atoms with E-state index in [1.807, 2.05) is 13.8 Å². The van der Waals surface area contributed by atoms with Crippen LogP contribution in [0.4, 0.5) is 5.95 Å². The molecule has 1 aromatic heterocycles. The first-order valence-corrected chi connectivity index (χ1v) is 6.29. The summed E-state index contributed by atoms with van der Waals surface area (Å²) in [6, 6.07) is 2.13. The predicted molar refractivity (Wildman–Crippen MR) is 70.3 cm³/mol. The standard InChI is InChI=1S/C13H23N3O/c1-6-10(4)11(5)15-13-14-8-7-12(16-13)17-9(2)3/h7-11H,6H2,1-5H3,(H,14,15,16). The summed E-state index contributed by atoms with van der Waals surface area (Å²) in [5, 5.41) is 3.30. The fraction of sp³-hybridized carbons (Fsp3) is 0.692. The maximum atomic E-state index is 5.53. The topological polar surface area (TPSA) is 47.0 Å². The molecular formula is C13H23N3O. The van der Waals surface area contributed by atoms with Crippen molar-refractivity contribution >= 4 is 5.95 Å². The van der Waals surface area contributed by atoms with Crippen molar-refractivity contribution < 1.29 is 4.74 Å². The van der Waals surface area contributed by atoms with Crippen LogP contribution in [0.3, 0.4) is 0 Å². The molecule has 0 amide bonds. The Morgan fingerprint density at radius 2 is 2.00 bits per heavy atom. The Labute approximate surface area is 104 Å². The number of hydrogen-bond acceptors (Lipinski definition) is 4. The Morgan fingerprint density at radius 3 is 2.59 bits per heavy atom. The second-order valence-electron chi connectivity index (χ2n) is 4.70. The lowest BCUT2D eigenvalue weighted by molar-refractivity contribution is 0.232. The van der Waals surface area contributed by atoms with Gasteiger partial charge in [-0.25, -0.2) is 4.98 Å². The highest BCUT2D eigenvalue weighted by Gasteiger charge is 2.11. The summed E-state index contributed by atoms with van der Waals surface area (Å²) in [5.41, 5.74) is 0. The van der Waals surface area contributed by atoms with E-state index in [-0.39, 0.29) is 6.10 Å². The number of rotatable bonds is 6. The Hall–Kier alpha value is -1.32. The molecule has 2 unspecified atom stereocenters. The van der Waals surface area contributed by atoms with E-state index in [1.165, 1.54) is 0 Å². The highest BCUT2D eigenvalue weighted by molar-refractivity contribution is 5.28. The molecule has 0 saturated carbocycles. The quantitative estimate of drug-likeness (QED) is 0.825. The summed E-state index contributed by atoms with van der Waals surface area (Å²) in [7, 11) is 0. The van der Waals surface area contributed by atoms with Crippen LogP contribution in [0.1, 0.15) is 41.0 Å². The van der Waals surface area contributed by atoms with Crippen LogP contribution < -0.4 is 10.1 Å². The lowest BCUT2D eigenvalue weighted by atomic mass is 10.0. The van der Waals surface area contributed by atoms with Gasteiger partial charge in [0, 0.05) is 18.3 Å². The number of anilines is 1. The van der Waals surface area contributed by atoms with E-state index in [0.29, 0.717) is 23.8 Å². The Kier molecular flexibility index (Phi) is 5.19. The van der Waals surface area contributed by atoms with E-state index in [2.05, 4.69) is 36.1 Å². The maximum Gasteiger partial charge on any atom is 0.226 e. The molecule has 0 aromatic carbocycles. The average molecular weight is 237 g/mol. The van der Waals surface area contributed by atoms with Gasteiger partial charge in [-0.05, 0) is 26.7 Å². The minimum atomic E-state index is 0.129. The van der Waals surface area contributed by atoms with E-state index in [1.54, 1.807) is 12.3 Å². The van der Waals surface area contributed by atoms with Crippen molar-refractivity contribution in [1.29, 1.82) is 0 Å². The van der Waals surface area contributed by atoms with Crippen LogP contribution in [0.2, 0.25) is 0 Å². The first-order valence-electron chi connectivity index (χ1n) is 6.29. The minimum Gasteiger partial charge on any atom is -0.475 e. The molecule has 1 heterocycles. The third-order valence-electron chi connectivity index (χ3n) is 2.84. The van der Waals surface area contributed by atoms with Crippen LogP contribution in [-0.2, 0) is 0 Å². The van der Waals surface area contributed by atoms with Crippen molar-refractivity contribution in [3.63, 3.8) is 0 Å². The third-order valence-corrected chi connectivity index (χ3v) is 2.84. The van der Waals surface area contributed by atoms with Gasteiger partial charge >= 0.3 is 0 Å². The lowest BCUT2D eigenvalue weighted by Crippen LogP contribution is -2.24. The molecule has 0 spiro atoms. The average Bonchev–Trinajstić information content (AvgIpc) is 2.27. The largest absolute Gasteiger partial charge is 0.475 e. The molecule has 0 aliphatic rings. The van der Waals surface area contributed by atoms with Gasteiger partial charge in [0.25, 0.3) is 0 Å². The van der Waals surface area contributed by atoms with Crippen LogP contribution >= 0.6 is 0 Å². The van der Waals surface area contributed by atoms with Gasteiger partial charge in [-0.15, -0.1) is 0 Å². The zero-order chi connectivity index (χ0) is 12.8. The Balaban J connectivity index is 2.65. The minimum absolute atomic E-state index is 0.129. The van der Waals surface area contributed by atoms with Crippen molar-refractivity contribution in [3.8, 4) is 5.88 Å². The smallest absolute Gasteiger partial charge is 0.226 e. The highest BCUT2D eigenvalue weighted by Crippen LogP contribution is 2.14. The fourth-order valence-corrected chi connectivity index (χ4v) is 1.42. The van der Waals surface area contributed by atoms with Gasteiger partial charge in [-0.3, -0.25) is 0 Å². The molecule has 0 aliphatic carbocycles. The summed E-state index contributed by atoms with van der Waals surface area (Å²) in [4.78, 5) is 8.53. The molecule has 0 fully saturated rings. The van der Waals surface area contributed by atoms with Crippen LogP contribution in [0.15, 0.2) is 12.3 Å². The summed E-state index contributed by atoms with van der Waals surface area (Å²) in [6.45, 7) is 10.5. The molecule has 1 rings (SSSR count). The van der Waals surface area contributed by atoms with Crippen molar-refractivity contribution in [2.45, 2.75) is 53.2 Å². The number of ether oxygens (including phenoxy) is 1. The van der Waals surface area contributed by atoms with E-state index in [4.69, 9.17) is 4.74 Å². The Bertz CT molecular complexity index is 341. The molecule has 2 atom stereocenters. The number of aromatic nitrogens is 2. The number of nitrogens with one attached hydrogen (secondary N) is 1. The van der Waals surface area contributed by atoms with Gasteiger partial charge < -0.3 is 10.1 Å². The van der Waals surface area contributed by atoms with Gasteiger partial charge in [-0.2, -0.15) is 4.98 Å². The van der Waals surface area contributed by atoms with E-state index in [0.717, 1.165) is 6.42 Å². The number of nitrogens with zero attached hydrogens (tertiary/aromatic N) is 2. The molecule has 4 heteroatoms. The van der Waals surface area contributed by atoms with Gasteiger partial charge in [0.15, 0.2) is 0 Å². The fourth-order valence-electron chi connectivity index (χ4n) is 1.42.